The lowest BCUT2D eigenvalue weighted by Gasteiger charge is -2.42. The molecule has 40 heavy (non-hydrogen) atoms. The summed E-state index contributed by atoms with van der Waals surface area (Å²) in [6, 6.07) is 20.7. The van der Waals surface area contributed by atoms with E-state index in [1.54, 1.807) is 0 Å². The lowest BCUT2D eigenvalue weighted by molar-refractivity contribution is -0.144. The third-order valence-electron chi connectivity index (χ3n) is 9.22. The number of aliphatic hydroxyl groups excluding tert-OH is 1. The van der Waals surface area contributed by atoms with E-state index in [0.29, 0.717) is 25.0 Å². The number of carboxylic acid groups (broad SMARTS) is 1. The van der Waals surface area contributed by atoms with Crippen LogP contribution >= 0.6 is 0 Å². The second-order valence-corrected chi connectivity index (χ2v) is 12.4. The SMILES string of the molecule is CCN(C1CCN(CC2CN(C(C(=O)O)C(C)C)CC2(C)c2c#cccc2)CC1)C(O)NCc1ccc(C)cc1. The zero-order valence-electron chi connectivity index (χ0n) is 24.9. The van der Waals surface area contributed by atoms with Crippen LogP contribution in [-0.2, 0) is 16.8 Å². The molecule has 0 amide bonds. The summed E-state index contributed by atoms with van der Waals surface area (Å²) in [5.41, 5.74) is 3.33. The van der Waals surface area contributed by atoms with Gasteiger partial charge in [0, 0.05) is 43.2 Å². The van der Waals surface area contributed by atoms with Gasteiger partial charge in [-0.05, 0) is 68.9 Å². The van der Waals surface area contributed by atoms with Gasteiger partial charge in [0.25, 0.3) is 0 Å². The maximum absolute atomic E-state index is 12.2. The van der Waals surface area contributed by atoms with Crippen molar-refractivity contribution < 1.29 is 15.0 Å². The number of benzene rings is 1. The Morgan fingerprint density at radius 3 is 2.48 bits per heavy atom. The molecule has 2 aromatic rings. The van der Waals surface area contributed by atoms with Gasteiger partial charge >= 0.3 is 5.97 Å². The summed E-state index contributed by atoms with van der Waals surface area (Å²) in [5, 5.41) is 24.3. The van der Waals surface area contributed by atoms with E-state index >= 15 is 0 Å². The van der Waals surface area contributed by atoms with E-state index in [-0.39, 0.29) is 11.3 Å². The topological polar surface area (TPSA) is 79.3 Å². The monoisotopic (exact) mass is 548 g/mol. The van der Waals surface area contributed by atoms with Crippen molar-refractivity contribution in [2.75, 3.05) is 39.3 Å². The molecule has 4 unspecified atom stereocenters. The second-order valence-electron chi connectivity index (χ2n) is 12.4. The Bertz CT molecular complexity index is 1070. The molecule has 2 aliphatic heterocycles. The first-order valence-electron chi connectivity index (χ1n) is 14.9. The molecule has 0 spiro atoms. The van der Waals surface area contributed by atoms with E-state index in [1.807, 2.05) is 26.0 Å². The average Bonchev–Trinajstić information content (AvgIpc) is 3.25. The fourth-order valence-corrected chi connectivity index (χ4v) is 6.83. The molecule has 4 atom stereocenters. The number of hydrogen-bond acceptors (Lipinski definition) is 6. The van der Waals surface area contributed by atoms with Crippen LogP contribution in [0.5, 0.6) is 0 Å². The molecule has 4 rings (SSSR count). The normalized spacial score (nSPS) is 24.4. The van der Waals surface area contributed by atoms with Crippen LogP contribution in [0.3, 0.4) is 0 Å². The number of nitrogens with zero attached hydrogens (tertiary/aromatic N) is 3. The Balaban J connectivity index is 1.38. The highest BCUT2D eigenvalue weighted by molar-refractivity contribution is 5.74. The van der Waals surface area contributed by atoms with Crippen LogP contribution in [0.15, 0.2) is 42.5 Å². The third kappa shape index (κ3) is 7.05. The summed E-state index contributed by atoms with van der Waals surface area (Å²) in [7, 11) is 0. The van der Waals surface area contributed by atoms with Gasteiger partial charge < -0.3 is 15.1 Å². The molecule has 0 saturated carbocycles. The van der Waals surface area contributed by atoms with Gasteiger partial charge in [-0.25, -0.2) is 0 Å². The molecule has 2 saturated heterocycles. The summed E-state index contributed by atoms with van der Waals surface area (Å²) in [6.07, 6.45) is 1.32. The molecule has 2 fully saturated rings. The predicted octanol–water partition coefficient (Wildman–Crippen LogP) is 3.75. The summed E-state index contributed by atoms with van der Waals surface area (Å²) >= 11 is 0. The van der Waals surface area contributed by atoms with Crippen LogP contribution in [0.4, 0.5) is 0 Å². The lowest BCUT2D eigenvalue weighted by atomic mass is 9.74. The number of hydrogen-bond donors (Lipinski definition) is 3. The van der Waals surface area contributed by atoms with Gasteiger partial charge in [-0.15, -0.1) is 0 Å². The zero-order chi connectivity index (χ0) is 28.9. The number of likely N-dealkylation sites (tertiary alicyclic amines) is 2. The van der Waals surface area contributed by atoms with Crippen LogP contribution < -0.4 is 5.32 Å². The standard InChI is InChI=1S/C33H48N4O3/c1-6-37(32(40)34-20-26-14-12-25(4)13-15-26)29-16-18-35(19-17-29)21-28-22-36(30(24(2)3)31(38)39)23-33(28,5)27-10-8-7-9-11-27/h7-8,10,12-15,24,28-30,32,34,40H,6,16-23H2,1-5H3,(H,38,39). The molecule has 2 heterocycles. The van der Waals surface area contributed by atoms with Crippen LogP contribution in [0.25, 0.3) is 0 Å². The van der Waals surface area contributed by atoms with E-state index in [1.165, 1.54) is 11.1 Å². The number of aliphatic hydroxyl groups is 1. The predicted molar refractivity (Wildman–Crippen MR) is 159 cm³/mol. The molecule has 2 aliphatic rings. The van der Waals surface area contributed by atoms with Gasteiger partial charge in [-0.2, -0.15) is 0 Å². The fraction of sp³-hybridized carbons (Fsp3) is 0.606. The van der Waals surface area contributed by atoms with Gasteiger partial charge in [-0.1, -0.05) is 75.7 Å². The van der Waals surface area contributed by atoms with Crippen molar-refractivity contribution in [3.8, 4) is 0 Å². The highest BCUT2D eigenvalue weighted by Crippen LogP contribution is 2.41. The minimum absolute atomic E-state index is 0.0358. The largest absolute Gasteiger partial charge is 0.480 e. The number of rotatable bonds is 12. The van der Waals surface area contributed by atoms with E-state index in [4.69, 9.17) is 0 Å². The molecule has 0 radical (unpaired) electrons. The van der Waals surface area contributed by atoms with E-state index in [0.717, 1.165) is 51.1 Å². The molecule has 7 heteroatoms. The molecule has 0 aromatic heterocycles. The number of piperidine rings is 1. The Morgan fingerprint density at radius 1 is 1.20 bits per heavy atom. The fourth-order valence-electron chi connectivity index (χ4n) is 6.83. The van der Waals surface area contributed by atoms with Crippen LogP contribution in [-0.4, -0.2) is 88.6 Å². The van der Waals surface area contributed by atoms with Crippen molar-refractivity contribution in [1.82, 2.24) is 20.0 Å². The van der Waals surface area contributed by atoms with Crippen LogP contribution in [0, 0.1) is 30.9 Å². The van der Waals surface area contributed by atoms with Gasteiger partial charge in [0.2, 0.25) is 0 Å². The highest BCUT2D eigenvalue weighted by Gasteiger charge is 2.48. The second kappa shape index (κ2) is 13.5. The summed E-state index contributed by atoms with van der Waals surface area (Å²) in [4.78, 5) is 19.1. The minimum atomic E-state index is -0.739. The smallest absolute Gasteiger partial charge is 0.321 e. The maximum atomic E-state index is 12.2. The third-order valence-corrected chi connectivity index (χ3v) is 9.22. The number of aryl methyl sites for hydroxylation is 1. The Labute approximate surface area is 241 Å². The number of carboxylic acids is 1. The first kappa shape index (κ1) is 30.5. The van der Waals surface area contributed by atoms with E-state index < -0.39 is 18.4 Å². The lowest BCUT2D eigenvalue weighted by Crippen LogP contribution is -2.54. The first-order valence-corrected chi connectivity index (χ1v) is 14.9. The van der Waals surface area contributed by atoms with Crippen molar-refractivity contribution in [2.24, 2.45) is 11.8 Å². The van der Waals surface area contributed by atoms with Crippen molar-refractivity contribution in [1.29, 1.82) is 0 Å². The molecule has 218 valence electrons. The van der Waals surface area contributed by atoms with Crippen molar-refractivity contribution in [2.45, 2.75) is 77.9 Å². The molecular weight excluding hydrogens is 500 g/mol. The van der Waals surface area contributed by atoms with Gasteiger partial charge in [0.1, 0.15) is 6.04 Å². The zero-order valence-corrected chi connectivity index (χ0v) is 24.9. The van der Waals surface area contributed by atoms with E-state index in [2.05, 4.69) is 83.3 Å². The molecule has 0 bridgehead atoms. The summed E-state index contributed by atoms with van der Waals surface area (Å²) in [6.45, 7) is 16.2. The number of carbonyl (C=O) groups is 1. The quantitative estimate of drug-likeness (QED) is 0.349. The molecule has 7 nitrogen and oxygen atoms in total. The Morgan fingerprint density at radius 2 is 1.90 bits per heavy atom. The maximum Gasteiger partial charge on any atom is 0.321 e. The molecular formula is C33H48N4O3. The van der Waals surface area contributed by atoms with Crippen LogP contribution in [0.1, 0.15) is 57.2 Å². The summed E-state index contributed by atoms with van der Waals surface area (Å²) in [5.74, 6) is -0.411. The Kier molecular flexibility index (Phi) is 10.3. The molecule has 0 aliphatic carbocycles. The van der Waals surface area contributed by atoms with E-state index in [9.17, 15) is 15.0 Å². The van der Waals surface area contributed by atoms with Gasteiger partial charge in [0.05, 0.1) is 0 Å². The van der Waals surface area contributed by atoms with Crippen molar-refractivity contribution >= 4 is 5.97 Å². The highest BCUT2D eigenvalue weighted by atomic mass is 16.4. The first-order chi connectivity index (χ1) is 19.1. The molecule has 2 aromatic carbocycles. The van der Waals surface area contributed by atoms with Gasteiger partial charge in [-0.3, -0.25) is 19.9 Å². The number of aliphatic carboxylic acids is 1. The minimum Gasteiger partial charge on any atom is -0.480 e. The van der Waals surface area contributed by atoms with Crippen LogP contribution in [0.2, 0.25) is 0 Å². The summed E-state index contributed by atoms with van der Waals surface area (Å²) < 4.78 is 0. The Hall–Kier alpha value is -2.47. The van der Waals surface area contributed by atoms with Gasteiger partial charge in [0.15, 0.2) is 6.35 Å². The number of nitrogens with one attached hydrogen (secondary N) is 1. The molecule has 3 N–H and O–H groups in total. The van der Waals surface area contributed by atoms with Crippen molar-refractivity contribution in [3.63, 3.8) is 0 Å². The van der Waals surface area contributed by atoms with Crippen molar-refractivity contribution in [3.05, 3.63) is 71.3 Å². The average molecular weight is 549 g/mol.